The molecule has 0 radical (unpaired) electrons. The maximum atomic E-state index is 5.81. The van der Waals surface area contributed by atoms with Gasteiger partial charge in [0, 0.05) is 17.0 Å². The Balaban J connectivity index is 2.44. The third-order valence-corrected chi connectivity index (χ3v) is 4.24. The molecule has 0 fully saturated rings. The molecule has 1 heterocycles. The van der Waals surface area contributed by atoms with Crippen molar-refractivity contribution in [2.45, 2.75) is 33.2 Å². The monoisotopic (exact) mass is 276 g/mol. The molecule has 0 amide bonds. The second kappa shape index (κ2) is 5.72. The fourth-order valence-electron chi connectivity index (χ4n) is 2.10. The number of hydrogen-bond donors (Lipinski definition) is 1. The largest absolute Gasteiger partial charge is 0.496 e. The number of hydrogen-bond acceptors (Lipinski definition) is 4. The molecule has 2 rings (SSSR count). The van der Waals surface area contributed by atoms with Crippen LogP contribution in [0.15, 0.2) is 18.2 Å². The van der Waals surface area contributed by atoms with Crippen LogP contribution in [0.25, 0.3) is 10.6 Å². The molecule has 19 heavy (non-hydrogen) atoms. The highest BCUT2D eigenvalue weighted by Crippen LogP contribution is 2.33. The average molecular weight is 276 g/mol. The molecule has 1 aromatic heterocycles. The molecule has 0 spiro atoms. The Hall–Kier alpha value is -1.39. The first-order valence-corrected chi connectivity index (χ1v) is 7.23. The molecule has 0 bridgehead atoms. The van der Waals surface area contributed by atoms with Crippen molar-refractivity contribution in [1.29, 1.82) is 0 Å². The Kier molecular flexibility index (Phi) is 4.22. The van der Waals surface area contributed by atoms with E-state index in [-0.39, 0.29) is 0 Å². The number of methoxy groups -OCH3 is 1. The van der Waals surface area contributed by atoms with Crippen molar-refractivity contribution in [3.8, 4) is 16.3 Å². The average Bonchev–Trinajstić information content (AvgIpc) is 2.83. The summed E-state index contributed by atoms with van der Waals surface area (Å²) in [5.41, 5.74) is 9.18. The summed E-state index contributed by atoms with van der Waals surface area (Å²) in [6.45, 7) is 6.90. The lowest BCUT2D eigenvalue weighted by Crippen LogP contribution is -1.99. The molecule has 3 nitrogen and oxygen atoms in total. The van der Waals surface area contributed by atoms with E-state index >= 15 is 0 Å². The molecular formula is C15H20N2OS. The summed E-state index contributed by atoms with van der Waals surface area (Å²) in [6, 6.07) is 6.15. The van der Waals surface area contributed by atoms with Crippen LogP contribution in [0.5, 0.6) is 5.75 Å². The van der Waals surface area contributed by atoms with Gasteiger partial charge >= 0.3 is 0 Å². The standard InChI is InChI=1S/C15H20N2OS/c1-9(2)14-13(8-16)19-15(17-14)11-5-6-12(18-4)10(3)7-11/h5-7,9H,8,16H2,1-4H3. The first kappa shape index (κ1) is 14.0. The minimum absolute atomic E-state index is 0.405. The number of benzene rings is 1. The van der Waals surface area contributed by atoms with Gasteiger partial charge in [0.1, 0.15) is 10.8 Å². The van der Waals surface area contributed by atoms with Crippen LogP contribution >= 0.6 is 11.3 Å². The second-order valence-corrected chi connectivity index (χ2v) is 5.95. The zero-order chi connectivity index (χ0) is 14.0. The maximum absolute atomic E-state index is 5.81. The smallest absolute Gasteiger partial charge is 0.123 e. The van der Waals surface area contributed by atoms with Crippen molar-refractivity contribution in [2.75, 3.05) is 7.11 Å². The van der Waals surface area contributed by atoms with E-state index in [0.29, 0.717) is 12.5 Å². The van der Waals surface area contributed by atoms with Gasteiger partial charge in [-0.25, -0.2) is 4.98 Å². The molecule has 4 heteroatoms. The number of thiazole rings is 1. The minimum atomic E-state index is 0.405. The van der Waals surface area contributed by atoms with Gasteiger partial charge in [0.25, 0.3) is 0 Å². The summed E-state index contributed by atoms with van der Waals surface area (Å²) in [7, 11) is 1.69. The number of nitrogens with zero attached hydrogens (tertiary/aromatic N) is 1. The molecule has 0 unspecified atom stereocenters. The third-order valence-electron chi connectivity index (χ3n) is 3.10. The van der Waals surface area contributed by atoms with Crippen LogP contribution in [0, 0.1) is 6.92 Å². The van der Waals surface area contributed by atoms with Gasteiger partial charge in [-0.15, -0.1) is 11.3 Å². The molecule has 0 aliphatic carbocycles. The van der Waals surface area contributed by atoms with E-state index < -0.39 is 0 Å². The molecule has 0 atom stereocenters. The molecule has 102 valence electrons. The van der Waals surface area contributed by atoms with Crippen molar-refractivity contribution < 1.29 is 4.74 Å². The Morgan fingerprint density at radius 3 is 2.58 bits per heavy atom. The zero-order valence-electron chi connectivity index (χ0n) is 11.9. The number of aromatic nitrogens is 1. The van der Waals surface area contributed by atoms with Gasteiger partial charge in [0.2, 0.25) is 0 Å². The van der Waals surface area contributed by atoms with Crippen LogP contribution in [0.1, 0.15) is 35.9 Å². The Bertz CT molecular complexity index is 576. The van der Waals surface area contributed by atoms with Crippen LogP contribution in [-0.4, -0.2) is 12.1 Å². The summed E-state index contributed by atoms with van der Waals surface area (Å²) >= 11 is 1.69. The predicted molar refractivity (Wildman–Crippen MR) is 80.8 cm³/mol. The highest BCUT2D eigenvalue weighted by molar-refractivity contribution is 7.15. The van der Waals surface area contributed by atoms with E-state index in [0.717, 1.165) is 27.6 Å². The lowest BCUT2D eigenvalue weighted by atomic mass is 10.1. The SMILES string of the molecule is COc1ccc(-c2nc(C(C)C)c(CN)s2)cc1C. The molecule has 2 N–H and O–H groups in total. The lowest BCUT2D eigenvalue weighted by molar-refractivity contribution is 0.412. The number of aryl methyl sites for hydroxylation is 1. The Morgan fingerprint density at radius 1 is 1.37 bits per heavy atom. The van der Waals surface area contributed by atoms with Gasteiger partial charge in [-0.2, -0.15) is 0 Å². The highest BCUT2D eigenvalue weighted by atomic mass is 32.1. The predicted octanol–water partition coefficient (Wildman–Crippen LogP) is 3.71. The molecule has 0 saturated carbocycles. The number of nitrogens with two attached hydrogens (primary N) is 1. The topological polar surface area (TPSA) is 48.1 Å². The number of ether oxygens (including phenoxy) is 1. The third kappa shape index (κ3) is 2.80. The van der Waals surface area contributed by atoms with Crippen LogP contribution in [0.2, 0.25) is 0 Å². The van der Waals surface area contributed by atoms with E-state index in [1.54, 1.807) is 18.4 Å². The van der Waals surface area contributed by atoms with Crippen molar-refractivity contribution >= 4 is 11.3 Å². The van der Waals surface area contributed by atoms with Crippen LogP contribution in [-0.2, 0) is 6.54 Å². The second-order valence-electron chi connectivity index (χ2n) is 4.87. The van der Waals surface area contributed by atoms with E-state index in [9.17, 15) is 0 Å². The summed E-state index contributed by atoms with van der Waals surface area (Å²) in [5, 5.41) is 1.04. The van der Waals surface area contributed by atoms with Gasteiger partial charge in [-0.3, -0.25) is 0 Å². The fourth-order valence-corrected chi connectivity index (χ4v) is 3.19. The Morgan fingerprint density at radius 2 is 2.11 bits per heavy atom. The molecule has 1 aromatic carbocycles. The van der Waals surface area contributed by atoms with Crippen molar-refractivity contribution in [2.24, 2.45) is 5.73 Å². The van der Waals surface area contributed by atoms with Crippen LogP contribution in [0.4, 0.5) is 0 Å². The highest BCUT2D eigenvalue weighted by Gasteiger charge is 2.14. The van der Waals surface area contributed by atoms with Crippen molar-refractivity contribution in [3.05, 3.63) is 34.3 Å². The molecule has 0 saturated heterocycles. The van der Waals surface area contributed by atoms with E-state index in [1.165, 1.54) is 4.88 Å². The van der Waals surface area contributed by atoms with E-state index in [1.807, 2.05) is 13.0 Å². The quantitative estimate of drug-likeness (QED) is 0.926. The molecule has 2 aromatic rings. The van der Waals surface area contributed by atoms with Gasteiger partial charge in [0.05, 0.1) is 12.8 Å². The summed E-state index contributed by atoms with van der Waals surface area (Å²) in [5.74, 6) is 1.31. The first-order valence-electron chi connectivity index (χ1n) is 6.41. The van der Waals surface area contributed by atoms with E-state index in [4.69, 9.17) is 15.5 Å². The van der Waals surface area contributed by atoms with Crippen LogP contribution < -0.4 is 10.5 Å². The van der Waals surface area contributed by atoms with Gasteiger partial charge in [-0.05, 0) is 36.6 Å². The number of rotatable bonds is 4. The van der Waals surface area contributed by atoms with Gasteiger partial charge in [-0.1, -0.05) is 13.8 Å². The molecular weight excluding hydrogens is 256 g/mol. The Labute approximate surface area is 118 Å². The minimum Gasteiger partial charge on any atom is -0.496 e. The lowest BCUT2D eigenvalue weighted by Gasteiger charge is -2.05. The maximum Gasteiger partial charge on any atom is 0.123 e. The summed E-state index contributed by atoms with van der Waals surface area (Å²) in [6.07, 6.45) is 0. The van der Waals surface area contributed by atoms with Gasteiger partial charge in [0.15, 0.2) is 0 Å². The first-order chi connectivity index (χ1) is 9.06. The molecule has 0 aliphatic heterocycles. The van der Waals surface area contributed by atoms with Crippen molar-refractivity contribution in [3.63, 3.8) is 0 Å². The van der Waals surface area contributed by atoms with Gasteiger partial charge < -0.3 is 10.5 Å². The van der Waals surface area contributed by atoms with Crippen molar-refractivity contribution in [1.82, 2.24) is 4.98 Å². The summed E-state index contributed by atoms with van der Waals surface area (Å²) in [4.78, 5) is 5.92. The van der Waals surface area contributed by atoms with E-state index in [2.05, 4.69) is 26.0 Å². The fraction of sp³-hybridized carbons (Fsp3) is 0.400. The molecule has 0 aliphatic rings. The summed E-state index contributed by atoms with van der Waals surface area (Å²) < 4.78 is 5.29. The normalized spacial score (nSPS) is 11.1. The zero-order valence-corrected chi connectivity index (χ0v) is 12.7. The van der Waals surface area contributed by atoms with Crippen LogP contribution in [0.3, 0.4) is 0 Å².